The molecule has 86 heavy (non-hydrogen) atoms. The summed E-state index contributed by atoms with van der Waals surface area (Å²) in [5.74, 6) is 1.06. The lowest BCUT2D eigenvalue weighted by Crippen LogP contribution is -2.50. The van der Waals surface area contributed by atoms with E-state index in [1.807, 2.05) is 12.1 Å². The standard InChI is InChI=1S/C70H85F2N9O4S/c1-48-74-62-17-9-11-19-64(62)80(48)58-44-54-24-25-55(45-58)78(54)41-35-69(52-13-5-3-6-14-52)31-37-76(38-32-69)67(82)60(71)28-21-50-22-30-66(86(73,84)85)51(43-50)23-29-61(72)68(83)77-39-33-70(34-40-77,53-15-7-4-8-16-53)36-42-79-56-26-27-57(79)47-59(46-56)81-49(2)75-63-18-10-12-20-65(63)81/h3-20,22,30,43,54-61H,21,23-29,31-42,44-47H2,1-2H3,(H2,73,84,85). The fourth-order valence-corrected chi connectivity index (χ4v) is 18.1. The molecule has 0 radical (unpaired) electrons. The Kier molecular flexibility index (Phi) is 16.6. The number of benzene rings is 5. The second-order valence-electron chi connectivity index (χ2n) is 26.5. The number of aryl methyl sites for hydroxylation is 4. The SMILES string of the molecule is Cc1nc2ccccc2n1C1CC2CCC(C1)N2CCC1(c2ccccc2)CCN(C(=O)C(F)CCc2ccc(S(N)(=O)=O)c(CCC(F)C(=O)N3CCC(CCN4C5CCC4CC(n4c(C)nc6ccccc64)C5)(c4ccccc4)CC3)c2)CC1. The van der Waals surface area contributed by atoms with Gasteiger partial charge < -0.3 is 18.9 Å². The minimum absolute atomic E-state index is 0.0544. The zero-order valence-electron chi connectivity index (χ0n) is 50.2. The number of carbonyl (C=O) groups excluding carboxylic acids is 2. The fraction of sp³-hybridized carbons (Fsp3) is 0.514. The third kappa shape index (κ3) is 11.6. The molecular formula is C70H85F2N9O4S. The molecule has 2 aromatic heterocycles. The number of nitrogens with zero attached hydrogens (tertiary/aromatic N) is 8. The number of carbonyl (C=O) groups is 2. The van der Waals surface area contributed by atoms with Crippen molar-refractivity contribution in [3.05, 3.63) is 161 Å². The van der Waals surface area contributed by atoms with Crippen LogP contribution in [0.2, 0.25) is 0 Å². The summed E-state index contributed by atoms with van der Waals surface area (Å²) >= 11 is 0. The van der Waals surface area contributed by atoms with Crippen molar-refractivity contribution in [2.45, 2.75) is 194 Å². The minimum atomic E-state index is -4.20. The average molecular weight is 1190 g/mol. The first kappa shape index (κ1) is 58.7. The lowest BCUT2D eigenvalue weighted by Gasteiger charge is -2.46. The van der Waals surface area contributed by atoms with Crippen LogP contribution < -0.4 is 5.14 Å². The van der Waals surface area contributed by atoms with Crippen LogP contribution in [0.5, 0.6) is 0 Å². The van der Waals surface area contributed by atoms with Crippen molar-refractivity contribution in [2.24, 2.45) is 5.14 Å². The number of nitrogens with two attached hydrogens (primary N) is 1. The Hall–Kier alpha value is -6.33. The molecule has 5 aromatic carbocycles. The maximum atomic E-state index is 16.3. The van der Waals surface area contributed by atoms with Gasteiger partial charge in [-0.1, -0.05) is 97.1 Å². The molecule has 13 rings (SSSR count). The van der Waals surface area contributed by atoms with E-state index in [0.717, 1.165) is 100.0 Å². The largest absolute Gasteiger partial charge is 0.340 e. The highest BCUT2D eigenvalue weighted by atomic mass is 32.2. The van der Waals surface area contributed by atoms with Crippen LogP contribution in [0.25, 0.3) is 22.1 Å². The summed E-state index contributed by atoms with van der Waals surface area (Å²) < 4.78 is 63.2. The predicted molar refractivity (Wildman–Crippen MR) is 334 cm³/mol. The first-order valence-electron chi connectivity index (χ1n) is 32.1. The van der Waals surface area contributed by atoms with Gasteiger partial charge in [-0.2, -0.15) is 0 Å². The number of hydrogen-bond acceptors (Lipinski definition) is 8. The number of sulfonamides is 1. The minimum Gasteiger partial charge on any atom is -0.340 e. The number of alkyl halides is 2. The van der Waals surface area contributed by atoms with E-state index in [-0.39, 0.29) is 47.0 Å². The molecule has 2 N–H and O–H groups in total. The van der Waals surface area contributed by atoms with Gasteiger partial charge in [-0.15, -0.1) is 0 Å². The van der Waals surface area contributed by atoms with Gasteiger partial charge >= 0.3 is 0 Å². The van der Waals surface area contributed by atoms with Gasteiger partial charge in [0.15, 0.2) is 12.3 Å². The highest BCUT2D eigenvalue weighted by Crippen LogP contribution is 2.48. The molecule has 0 aliphatic carbocycles. The highest BCUT2D eigenvalue weighted by Gasteiger charge is 2.47. The quantitative estimate of drug-likeness (QED) is 0.0843. The zero-order valence-corrected chi connectivity index (χ0v) is 51.0. The number of rotatable bonds is 19. The van der Waals surface area contributed by atoms with E-state index in [0.29, 0.717) is 68.0 Å². The van der Waals surface area contributed by atoms with Crippen molar-refractivity contribution in [3.63, 3.8) is 0 Å². The van der Waals surface area contributed by atoms with E-state index in [1.54, 1.807) is 21.9 Å². The first-order chi connectivity index (χ1) is 41.6. The number of halogens is 2. The normalized spacial score (nSPS) is 24.8. The van der Waals surface area contributed by atoms with Crippen LogP contribution in [0.3, 0.4) is 0 Å². The highest BCUT2D eigenvalue weighted by molar-refractivity contribution is 7.89. The van der Waals surface area contributed by atoms with Crippen molar-refractivity contribution in [1.29, 1.82) is 0 Å². The number of fused-ring (bicyclic) bond motifs is 6. The Morgan fingerprint density at radius 2 is 0.942 bits per heavy atom. The van der Waals surface area contributed by atoms with Gasteiger partial charge in [0.2, 0.25) is 10.0 Å². The molecule has 6 unspecified atom stereocenters. The van der Waals surface area contributed by atoms with E-state index < -0.39 is 34.2 Å². The molecule has 13 nitrogen and oxygen atoms in total. The maximum absolute atomic E-state index is 16.3. The molecule has 0 spiro atoms. The van der Waals surface area contributed by atoms with Crippen LogP contribution in [0.15, 0.2) is 132 Å². The van der Waals surface area contributed by atoms with Crippen LogP contribution in [-0.4, -0.2) is 135 Å². The summed E-state index contributed by atoms with van der Waals surface area (Å²) in [7, 11) is -4.20. The Morgan fingerprint density at radius 3 is 1.36 bits per heavy atom. The Balaban J connectivity index is 0.601. The predicted octanol–water partition coefficient (Wildman–Crippen LogP) is 11.8. The van der Waals surface area contributed by atoms with Gasteiger partial charge in [-0.25, -0.2) is 32.3 Å². The average Bonchev–Trinajstić information content (AvgIpc) is 2.15. The summed E-state index contributed by atoms with van der Waals surface area (Å²) in [5.41, 5.74) is 7.69. The topological polar surface area (TPSA) is 143 Å². The van der Waals surface area contributed by atoms with E-state index >= 15 is 8.78 Å². The number of primary sulfonamides is 1. The van der Waals surface area contributed by atoms with Crippen LogP contribution in [0, 0.1) is 13.8 Å². The van der Waals surface area contributed by atoms with Crippen LogP contribution >= 0.6 is 0 Å². The summed E-state index contributed by atoms with van der Waals surface area (Å²) in [6, 6.07) is 45.7. The monoisotopic (exact) mass is 1190 g/mol. The Morgan fingerprint density at radius 1 is 0.547 bits per heavy atom. The lowest BCUT2D eigenvalue weighted by molar-refractivity contribution is -0.139. The number of likely N-dealkylation sites (tertiary alicyclic amines) is 2. The lowest BCUT2D eigenvalue weighted by atomic mass is 9.70. The maximum Gasteiger partial charge on any atom is 0.257 e. The van der Waals surface area contributed by atoms with Crippen molar-refractivity contribution in [1.82, 2.24) is 38.7 Å². The zero-order chi connectivity index (χ0) is 59.3. The number of para-hydroxylation sites is 4. The second-order valence-corrected chi connectivity index (χ2v) is 28.0. The number of piperidine rings is 4. The molecule has 7 aromatic rings. The molecule has 0 saturated carbocycles. The van der Waals surface area contributed by atoms with E-state index in [9.17, 15) is 18.0 Å². The van der Waals surface area contributed by atoms with Crippen molar-refractivity contribution in [3.8, 4) is 0 Å². The Labute approximate surface area is 506 Å². The van der Waals surface area contributed by atoms with Gasteiger partial charge in [0, 0.05) is 62.4 Å². The van der Waals surface area contributed by atoms with E-state index in [1.165, 1.54) is 53.9 Å². The van der Waals surface area contributed by atoms with Gasteiger partial charge in [0.1, 0.15) is 11.6 Å². The summed E-state index contributed by atoms with van der Waals surface area (Å²) in [4.78, 5) is 46.4. The smallest absolute Gasteiger partial charge is 0.257 e. The second kappa shape index (κ2) is 24.3. The van der Waals surface area contributed by atoms with Crippen molar-refractivity contribution in [2.75, 3.05) is 39.3 Å². The van der Waals surface area contributed by atoms with Gasteiger partial charge in [-0.05, 0) is 206 Å². The number of amides is 2. The first-order valence-corrected chi connectivity index (χ1v) is 33.7. The summed E-state index contributed by atoms with van der Waals surface area (Å²) in [5, 5.41) is 5.70. The molecule has 8 heterocycles. The van der Waals surface area contributed by atoms with Crippen LogP contribution in [-0.2, 0) is 43.3 Å². The molecule has 6 aliphatic rings. The third-order valence-electron chi connectivity index (χ3n) is 21.8. The number of aromatic nitrogens is 4. The van der Waals surface area contributed by atoms with E-state index in [2.05, 4.69) is 130 Å². The van der Waals surface area contributed by atoms with Crippen LogP contribution in [0.1, 0.15) is 149 Å². The Bertz CT molecular complexity index is 3640. The molecule has 2 amide bonds. The molecule has 6 atom stereocenters. The molecule has 4 bridgehead atoms. The molecule has 6 fully saturated rings. The molecule has 454 valence electrons. The van der Waals surface area contributed by atoms with Gasteiger partial charge in [0.25, 0.3) is 11.8 Å². The van der Waals surface area contributed by atoms with Gasteiger partial charge in [-0.3, -0.25) is 19.4 Å². The third-order valence-corrected chi connectivity index (χ3v) is 22.9. The van der Waals surface area contributed by atoms with Crippen molar-refractivity contribution < 1.29 is 26.8 Å². The molecular weight excluding hydrogens is 1100 g/mol. The number of imidazole rings is 2. The van der Waals surface area contributed by atoms with E-state index in [4.69, 9.17) is 15.1 Å². The van der Waals surface area contributed by atoms with Crippen LogP contribution in [0.4, 0.5) is 8.78 Å². The fourth-order valence-electron chi connectivity index (χ4n) is 17.3. The summed E-state index contributed by atoms with van der Waals surface area (Å²) in [6.07, 6.45) is 10.2. The van der Waals surface area contributed by atoms with Gasteiger partial charge in [0.05, 0.1) is 27.0 Å². The molecule has 6 aliphatic heterocycles. The number of hydrogen-bond donors (Lipinski definition) is 1. The molecule has 16 heteroatoms. The molecule has 6 saturated heterocycles. The van der Waals surface area contributed by atoms with Crippen molar-refractivity contribution >= 4 is 43.9 Å². The summed E-state index contributed by atoms with van der Waals surface area (Å²) in [6.45, 7) is 7.99.